The predicted octanol–water partition coefficient (Wildman–Crippen LogP) is 6.67. The lowest BCUT2D eigenvalue weighted by molar-refractivity contribution is 0.309. The van der Waals surface area contributed by atoms with Crippen LogP contribution in [0.2, 0.25) is 0 Å². The van der Waals surface area contributed by atoms with Gasteiger partial charge in [-0.1, -0.05) is 38.3 Å². The maximum absolute atomic E-state index is 2.43. The molecule has 2 rings (SSSR count). The predicted molar refractivity (Wildman–Crippen MR) is 89.4 cm³/mol. The van der Waals surface area contributed by atoms with E-state index < -0.39 is 0 Å². The smallest absolute Gasteiger partial charge is 0.0210 e. The van der Waals surface area contributed by atoms with E-state index in [4.69, 9.17) is 0 Å². The molecule has 0 aromatic carbocycles. The Morgan fingerprint density at radius 1 is 0.950 bits per heavy atom. The molecule has 0 amide bonds. The minimum absolute atomic E-state index is 0.878. The summed E-state index contributed by atoms with van der Waals surface area (Å²) in [6, 6.07) is 0. The molecule has 0 bridgehead atoms. The van der Waals surface area contributed by atoms with Crippen LogP contribution in [0.3, 0.4) is 0 Å². The van der Waals surface area contributed by atoms with Gasteiger partial charge in [-0.05, 0) is 88.4 Å². The molecule has 0 unspecified atom stereocenters. The molecule has 20 heavy (non-hydrogen) atoms. The summed E-state index contributed by atoms with van der Waals surface area (Å²) >= 11 is 0. The molecule has 0 atom stereocenters. The zero-order valence-electron chi connectivity index (χ0n) is 13.8. The standard InChI is InChI=1S/C20H34/c1-3-5-6-8-18-11-15-20(16-12-18)19-13-9-17(7-4-2)10-14-19/h4,7,17,20H,3,5-6,8-16H2,1-2H3/b7-4+. The lowest BCUT2D eigenvalue weighted by Gasteiger charge is -2.37. The molecular formula is C20H34. The van der Waals surface area contributed by atoms with Crippen molar-refractivity contribution in [2.45, 2.75) is 90.9 Å². The zero-order chi connectivity index (χ0) is 14.2. The largest absolute Gasteiger partial charge is 0.0914 e. The Morgan fingerprint density at radius 3 is 2.25 bits per heavy atom. The molecule has 0 heteroatoms. The molecule has 2 aliphatic carbocycles. The van der Waals surface area contributed by atoms with Crippen molar-refractivity contribution in [3.05, 3.63) is 24.0 Å². The Kier molecular flexibility index (Phi) is 7.17. The van der Waals surface area contributed by atoms with Crippen LogP contribution < -0.4 is 0 Å². The fourth-order valence-corrected chi connectivity index (χ4v) is 4.19. The average Bonchev–Trinajstić information content (AvgIpc) is 2.49. The van der Waals surface area contributed by atoms with Gasteiger partial charge in [0.05, 0.1) is 0 Å². The van der Waals surface area contributed by atoms with Gasteiger partial charge in [0, 0.05) is 0 Å². The van der Waals surface area contributed by atoms with Crippen LogP contribution in [0.25, 0.3) is 0 Å². The summed E-state index contributed by atoms with van der Waals surface area (Å²) in [5, 5.41) is 0. The second-order valence-corrected chi connectivity index (χ2v) is 7.00. The second kappa shape index (κ2) is 8.90. The van der Waals surface area contributed by atoms with Crippen molar-refractivity contribution in [1.82, 2.24) is 0 Å². The summed E-state index contributed by atoms with van der Waals surface area (Å²) in [6.07, 6.45) is 21.9. The minimum atomic E-state index is 0.878. The van der Waals surface area contributed by atoms with Gasteiger partial charge in [0.25, 0.3) is 0 Å². The third-order valence-corrected chi connectivity index (χ3v) is 5.54. The number of hydrogen-bond acceptors (Lipinski definition) is 0. The lowest BCUT2D eigenvalue weighted by atomic mass is 9.68. The van der Waals surface area contributed by atoms with Gasteiger partial charge in [0.15, 0.2) is 0 Å². The monoisotopic (exact) mass is 274 g/mol. The minimum Gasteiger partial charge on any atom is -0.0914 e. The van der Waals surface area contributed by atoms with Gasteiger partial charge in [-0.15, -0.1) is 0 Å². The Bertz CT molecular complexity index is 262. The number of rotatable bonds is 6. The van der Waals surface area contributed by atoms with Gasteiger partial charge in [0.1, 0.15) is 0 Å². The van der Waals surface area contributed by atoms with Crippen molar-refractivity contribution in [3.63, 3.8) is 0 Å². The normalized spacial score (nSPS) is 24.7. The highest BCUT2D eigenvalue weighted by Gasteiger charge is 2.30. The van der Waals surface area contributed by atoms with Crippen LogP contribution in [-0.2, 0) is 0 Å². The van der Waals surface area contributed by atoms with Crippen LogP contribution in [0.5, 0.6) is 0 Å². The first kappa shape index (κ1) is 16.1. The molecule has 2 fully saturated rings. The van der Waals surface area contributed by atoms with Crippen LogP contribution in [0.4, 0.5) is 0 Å². The summed E-state index contributed by atoms with van der Waals surface area (Å²) in [4.78, 5) is 0. The average molecular weight is 274 g/mol. The summed E-state index contributed by atoms with van der Waals surface area (Å²) in [5.74, 6) is 5.68. The van der Waals surface area contributed by atoms with Crippen molar-refractivity contribution in [2.24, 2.45) is 11.8 Å². The van der Waals surface area contributed by atoms with Crippen LogP contribution in [0, 0.1) is 23.7 Å². The van der Waals surface area contributed by atoms with E-state index in [0.29, 0.717) is 0 Å². The fraction of sp³-hybridized carbons (Fsp3) is 0.800. The van der Waals surface area contributed by atoms with Gasteiger partial charge in [-0.3, -0.25) is 0 Å². The van der Waals surface area contributed by atoms with E-state index >= 15 is 0 Å². The van der Waals surface area contributed by atoms with Crippen molar-refractivity contribution in [2.75, 3.05) is 0 Å². The molecule has 0 heterocycles. The van der Waals surface area contributed by atoms with Crippen molar-refractivity contribution < 1.29 is 0 Å². The first-order valence-electron chi connectivity index (χ1n) is 9.14. The first-order chi connectivity index (χ1) is 9.83. The summed E-state index contributed by atoms with van der Waals surface area (Å²) in [6.45, 7) is 4.47. The molecule has 2 radical (unpaired) electrons. The molecular weight excluding hydrogens is 240 g/mol. The van der Waals surface area contributed by atoms with Gasteiger partial charge in [0.2, 0.25) is 0 Å². The Balaban J connectivity index is 1.64. The van der Waals surface area contributed by atoms with E-state index in [0.717, 1.165) is 11.8 Å². The van der Waals surface area contributed by atoms with E-state index in [2.05, 4.69) is 26.0 Å². The molecule has 2 saturated carbocycles. The van der Waals surface area contributed by atoms with E-state index in [9.17, 15) is 0 Å². The molecule has 0 aromatic heterocycles. The Hall–Kier alpha value is -0.260. The SMILES string of the molecule is C/C=C/C1CC[C](C2CC[C](CCCCC)CC2)CC1. The maximum Gasteiger partial charge on any atom is -0.0210 e. The third-order valence-electron chi connectivity index (χ3n) is 5.54. The number of allylic oxidation sites excluding steroid dienone is 2. The fourth-order valence-electron chi connectivity index (χ4n) is 4.19. The summed E-state index contributed by atoms with van der Waals surface area (Å²) in [5.41, 5.74) is 0. The maximum atomic E-state index is 2.43. The van der Waals surface area contributed by atoms with Crippen LogP contribution in [-0.4, -0.2) is 0 Å². The molecule has 114 valence electrons. The molecule has 0 spiro atoms. The molecule has 2 aliphatic rings. The van der Waals surface area contributed by atoms with Crippen molar-refractivity contribution in [3.8, 4) is 0 Å². The molecule has 0 N–H and O–H groups in total. The van der Waals surface area contributed by atoms with E-state index in [1.807, 2.05) is 11.8 Å². The second-order valence-electron chi connectivity index (χ2n) is 7.00. The van der Waals surface area contributed by atoms with E-state index in [1.165, 1.54) is 77.0 Å². The van der Waals surface area contributed by atoms with E-state index in [-0.39, 0.29) is 0 Å². The molecule has 0 saturated heterocycles. The van der Waals surface area contributed by atoms with Crippen LogP contribution in [0.15, 0.2) is 12.2 Å². The van der Waals surface area contributed by atoms with Gasteiger partial charge >= 0.3 is 0 Å². The topological polar surface area (TPSA) is 0 Å². The Labute approximate surface area is 127 Å². The highest BCUT2D eigenvalue weighted by molar-refractivity contribution is 5.07. The van der Waals surface area contributed by atoms with Crippen LogP contribution in [0.1, 0.15) is 90.9 Å². The van der Waals surface area contributed by atoms with Crippen molar-refractivity contribution >= 4 is 0 Å². The van der Waals surface area contributed by atoms with Gasteiger partial charge in [-0.2, -0.15) is 0 Å². The third kappa shape index (κ3) is 4.93. The summed E-state index contributed by atoms with van der Waals surface area (Å²) < 4.78 is 0. The van der Waals surface area contributed by atoms with Crippen LogP contribution >= 0.6 is 0 Å². The number of hydrogen-bond donors (Lipinski definition) is 0. The Morgan fingerprint density at radius 2 is 1.65 bits per heavy atom. The lowest BCUT2D eigenvalue weighted by Crippen LogP contribution is -2.23. The first-order valence-corrected chi connectivity index (χ1v) is 9.14. The van der Waals surface area contributed by atoms with E-state index in [1.54, 1.807) is 0 Å². The number of unbranched alkanes of at least 4 members (excludes halogenated alkanes) is 2. The summed E-state index contributed by atoms with van der Waals surface area (Å²) in [7, 11) is 0. The van der Waals surface area contributed by atoms with Crippen molar-refractivity contribution in [1.29, 1.82) is 0 Å². The highest BCUT2D eigenvalue weighted by Crippen LogP contribution is 2.44. The highest BCUT2D eigenvalue weighted by atomic mass is 14.4. The quantitative estimate of drug-likeness (QED) is 0.374. The van der Waals surface area contributed by atoms with Gasteiger partial charge < -0.3 is 0 Å². The molecule has 0 aromatic rings. The zero-order valence-corrected chi connectivity index (χ0v) is 13.8. The molecule has 0 nitrogen and oxygen atoms in total. The van der Waals surface area contributed by atoms with Gasteiger partial charge in [-0.25, -0.2) is 0 Å². The molecule has 0 aliphatic heterocycles.